The van der Waals surface area contributed by atoms with Gasteiger partial charge in [-0.1, -0.05) is 19.4 Å². The molecule has 0 heterocycles. The minimum Gasteiger partial charge on any atom is -0.481 e. The van der Waals surface area contributed by atoms with Crippen molar-refractivity contribution < 1.29 is 19.1 Å². The van der Waals surface area contributed by atoms with Crippen molar-refractivity contribution in [2.45, 2.75) is 26.7 Å². The van der Waals surface area contributed by atoms with Crippen molar-refractivity contribution in [1.82, 2.24) is 5.32 Å². The van der Waals surface area contributed by atoms with Crippen molar-refractivity contribution in [3.8, 4) is 0 Å². The predicted molar refractivity (Wildman–Crippen MR) is 69.5 cm³/mol. The third-order valence-electron chi connectivity index (χ3n) is 3.01. The summed E-state index contributed by atoms with van der Waals surface area (Å²) < 4.78 is 13.3. The number of hydrogen-bond acceptors (Lipinski definition) is 2. The Kier molecular flexibility index (Phi) is 5.48. The molecule has 0 radical (unpaired) electrons. The van der Waals surface area contributed by atoms with Crippen LogP contribution in [0.1, 0.15) is 35.7 Å². The first-order valence-electron chi connectivity index (χ1n) is 6.23. The quantitative estimate of drug-likeness (QED) is 0.831. The monoisotopic (exact) mass is 267 g/mol. The summed E-state index contributed by atoms with van der Waals surface area (Å²) in [7, 11) is 0. The van der Waals surface area contributed by atoms with Gasteiger partial charge in [-0.05, 0) is 31.0 Å². The Labute approximate surface area is 111 Å². The number of carbonyl (C=O) groups excluding carboxylic acids is 1. The van der Waals surface area contributed by atoms with Crippen LogP contribution in [-0.4, -0.2) is 23.5 Å². The van der Waals surface area contributed by atoms with E-state index < -0.39 is 23.6 Å². The van der Waals surface area contributed by atoms with Crippen LogP contribution in [0.3, 0.4) is 0 Å². The number of rotatable bonds is 6. The fraction of sp³-hybridized carbons (Fsp3) is 0.429. The molecule has 19 heavy (non-hydrogen) atoms. The molecule has 0 saturated heterocycles. The van der Waals surface area contributed by atoms with E-state index in [1.807, 2.05) is 6.92 Å². The number of halogens is 1. The number of carboxylic acid groups (broad SMARTS) is 1. The summed E-state index contributed by atoms with van der Waals surface area (Å²) in [6, 6.07) is 4.25. The first-order valence-corrected chi connectivity index (χ1v) is 6.23. The SMILES string of the molecule is CCCC(CNC(=O)c1cccc(F)c1C)C(=O)O. The number of benzene rings is 1. The Bertz CT molecular complexity index is 474. The minimum atomic E-state index is -0.932. The maximum Gasteiger partial charge on any atom is 0.308 e. The molecular weight excluding hydrogens is 249 g/mol. The fourth-order valence-electron chi connectivity index (χ4n) is 1.83. The van der Waals surface area contributed by atoms with Crippen LogP contribution in [0.5, 0.6) is 0 Å². The topological polar surface area (TPSA) is 66.4 Å². The van der Waals surface area contributed by atoms with Gasteiger partial charge in [0.15, 0.2) is 0 Å². The molecule has 1 aromatic carbocycles. The zero-order valence-electron chi connectivity index (χ0n) is 11.1. The molecule has 0 spiro atoms. The number of aliphatic carboxylic acids is 1. The van der Waals surface area contributed by atoms with Crippen LogP contribution in [0.2, 0.25) is 0 Å². The molecule has 0 saturated carbocycles. The molecule has 104 valence electrons. The van der Waals surface area contributed by atoms with E-state index in [1.54, 1.807) is 0 Å². The number of carboxylic acids is 1. The van der Waals surface area contributed by atoms with E-state index in [1.165, 1.54) is 25.1 Å². The van der Waals surface area contributed by atoms with Crippen LogP contribution < -0.4 is 5.32 Å². The maximum absolute atomic E-state index is 13.3. The zero-order valence-corrected chi connectivity index (χ0v) is 11.1. The standard InChI is InChI=1S/C14H18FNO3/c1-3-5-10(14(18)19)8-16-13(17)11-6-4-7-12(15)9(11)2/h4,6-7,10H,3,5,8H2,1-2H3,(H,16,17)(H,18,19). The van der Waals surface area contributed by atoms with Gasteiger partial charge in [0.1, 0.15) is 5.82 Å². The third-order valence-corrected chi connectivity index (χ3v) is 3.01. The third kappa shape index (κ3) is 4.05. The van der Waals surface area contributed by atoms with E-state index >= 15 is 0 Å². The van der Waals surface area contributed by atoms with Crippen molar-refractivity contribution >= 4 is 11.9 Å². The molecule has 1 aromatic rings. The fourth-order valence-corrected chi connectivity index (χ4v) is 1.83. The molecule has 1 atom stereocenters. The van der Waals surface area contributed by atoms with Crippen molar-refractivity contribution in [1.29, 1.82) is 0 Å². The van der Waals surface area contributed by atoms with E-state index in [2.05, 4.69) is 5.32 Å². The second kappa shape index (κ2) is 6.87. The summed E-state index contributed by atoms with van der Waals surface area (Å²) >= 11 is 0. The highest BCUT2D eigenvalue weighted by atomic mass is 19.1. The van der Waals surface area contributed by atoms with Crippen LogP contribution in [0.4, 0.5) is 4.39 Å². The van der Waals surface area contributed by atoms with Crippen LogP contribution in [-0.2, 0) is 4.79 Å². The van der Waals surface area contributed by atoms with Crippen LogP contribution in [0.15, 0.2) is 18.2 Å². The Balaban J connectivity index is 2.69. The van der Waals surface area contributed by atoms with Gasteiger partial charge in [0.05, 0.1) is 5.92 Å². The van der Waals surface area contributed by atoms with Gasteiger partial charge in [-0.3, -0.25) is 9.59 Å². The van der Waals surface area contributed by atoms with Crippen molar-refractivity contribution in [2.24, 2.45) is 5.92 Å². The summed E-state index contributed by atoms with van der Waals surface area (Å²) in [5.41, 5.74) is 0.503. The smallest absolute Gasteiger partial charge is 0.308 e. The average Bonchev–Trinajstić information content (AvgIpc) is 2.37. The minimum absolute atomic E-state index is 0.0535. The molecule has 0 aliphatic carbocycles. The summed E-state index contributed by atoms with van der Waals surface area (Å²) in [5.74, 6) is -2.43. The molecular formula is C14H18FNO3. The first-order chi connectivity index (χ1) is 8.97. The van der Waals surface area contributed by atoms with Crippen molar-refractivity contribution in [2.75, 3.05) is 6.54 Å². The number of nitrogens with one attached hydrogen (secondary N) is 1. The molecule has 5 heteroatoms. The number of amides is 1. The Hall–Kier alpha value is -1.91. The van der Waals surface area contributed by atoms with Gasteiger partial charge in [-0.2, -0.15) is 0 Å². The van der Waals surface area contributed by atoms with Crippen molar-refractivity contribution in [3.63, 3.8) is 0 Å². The average molecular weight is 267 g/mol. The van der Waals surface area contributed by atoms with E-state index in [4.69, 9.17) is 5.11 Å². The Morgan fingerprint density at radius 1 is 1.42 bits per heavy atom. The second-order valence-corrected chi connectivity index (χ2v) is 4.45. The zero-order chi connectivity index (χ0) is 14.4. The molecule has 4 nitrogen and oxygen atoms in total. The van der Waals surface area contributed by atoms with Crippen LogP contribution in [0, 0.1) is 18.7 Å². The van der Waals surface area contributed by atoms with Gasteiger partial charge in [-0.25, -0.2) is 4.39 Å². The molecule has 1 amide bonds. The van der Waals surface area contributed by atoms with Crippen LogP contribution >= 0.6 is 0 Å². The Morgan fingerprint density at radius 3 is 2.68 bits per heavy atom. The van der Waals surface area contributed by atoms with Crippen LogP contribution in [0.25, 0.3) is 0 Å². The highest BCUT2D eigenvalue weighted by Gasteiger charge is 2.18. The molecule has 2 N–H and O–H groups in total. The lowest BCUT2D eigenvalue weighted by Gasteiger charge is -2.13. The van der Waals surface area contributed by atoms with Gasteiger partial charge in [-0.15, -0.1) is 0 Å². The van der Waals surface area contributed by atoms with Gasteiger partial charge >= 0.3 is 5.97 Å². The lowest BCUT2D eigenvalue weighted by molar-refractivity contribution is -0.141. The van der Waals surface area contributed by atoms with Gasteiger partial charge < -0.3 is 10.4 Å². The van der Waals surface area contributed by atoms with Crippen molar-refractivity contribution in [3.05, 3.63) is 35.1 Å². The second-order valence-electron chi connectivity index (χ2n) is 4.45. The highest BCUT2D eigenvalue weighted by molar-refractivity contribution is 5.95. The molecule has 0 aliphatic rings. The molecule has 1 rings (SSSR count). The molecule has 0 fully saturated rings. The summed E-state index contributed by atoms with van der Waals surface area (Å²) in [6.45, 7) is 3.46. The summed E-state index contributed by atoms with van der Waals surface area (Å²) in [5, 5.41) is 11.5. The molecule has 0 aliphatic heterocycles. The molecule has 0 bridgehead atoms. The summed E-state index contributed by atoms with van der Waals surface area (Å²) in [6.07, 6.45) is 1.23. The lowest BCUT2D eigenvalue weighted by Crippen LogP contribution is -2.33. The van der Waals surface area contributed by atoms with Gasteiger partial charge in [0.2, 0.25) is 0 Å². The van der Waals surface area contributed by atoms with Gasteiger partial charge in [0.25, 0.3) is 5.91 Å². The number of carbonyl (C=O) groups is 2. The lowest BCUT2D eigenvalue weighted by atomic mass is 10.0. The molecule has 0 aromatic heterocycles. The largest absolute Gasteiger partial charge is 0.481 e. The highest BCUT2D eigenvalue weighted by Crippen LogP contribution is 2.12. The first kappa shape index (κ1) is 15.1. The Morgan fingerprint density at radius 2 is 2.11 bits per heavy atom. The number of hydrogen-bond donors (Lipinski definition) is 2. The molecule has 1 unspecified atom stereocenters. The predicted octanol–water partition coefficient (Wildman–Crippen LogP) is 2.36. The van der Waals surface area contributed by atoms with Gasteiger partial charge in [0, 0.05) is 12.1 Å². The van der Waals surface area contributed by atoms with E-state index in [9.17, 15) is 14.0 Å². The maximum atomic E-state index is 13.3. The van der Waals surface area contributed by atoms with E-state index in [0.717, 1.165) is 6.42 Å². The van der Waals surface area contributed by atoms with E-state index in [0.29, 0.717) is 6.42 Å². The summed E-state index contributed by atoms with van der Waals surface area (Å²) in [4.78, 5) is 22.8. The van der Waals surface area contributed by atoms with E-state index in [-0.39, 0.29) is 17.7 Å². The normalized spacial score (nSPS) is 11.9.